The molecule has 0 radical (unpaired) electrons. The predicted molar refractivity (Wildman–Crippen MR) is 93.0 cm³/mol. The summed E-state index contributed by atoms with van der Waals surface area (Å²) in [6.07, 6.45) is 4.09. The smallest absolute Gasteiger partial charge is 0.339 e. The Morgan fingerprint density at radius 1 is 1.30 bits per heavy atom. The first-order valence-electron chi connectivity index (χ1n) is 8.24. The van der Waals surface area contributed by atoms with Crippen LogP contribution in [0.4, 0.5) is 5.69 Å². The van der Waals surface area contributed by atoms with Crippen molar-refractivity contribution in [3.63, 3.8) is 0 Å². The van der Waals surface area contributed by atoms with Crippen molar-refractivity contribution in [2.45, 2.75) is 52.2 Å². The molecular formula is C19H24N2O2. The number of fused-ring (bicyclic) bond motifs is 1. The molecule has 0 amide bonds. The summed E-state index contributed by atoms with van der Waals surface area (Å²) >= 11 is 0. The van der Waals surface area contributed by atoms with E-state index in [2.05, 4.69) is 28.9 Å². The van der Waals surface area contributed by atoms with Crippen molar-refractivity contribution in [3.05, 3.63) is 36.0 Å². The van der Waals surface area contributed by atoms with Gasteiger partial charge in [-0.1, -0.05) is 0 Å². The molecule has 1 aliphatic rings. The zero-order valence-corrected chi connectivity index (χ0v) is 14.3. The van der Waals surface area contributed by atoms with E-state index in [4.69, 9.17) is 4.74 Å². The number of carbonyl (C=O) groups excluding carboxylic acids is 1. The second-order valence-electron chi connectivity index (χ2n) is 7.25. The van der Waals surface area contributed by atoms with E-state index in [0.717, 1.165) is 23.1 Å². The number of anilines is 1. The van der Waals surface area contributed by atoms with E-state index in [-0.39, 0.29) is 5.97 Å². The van der Waals surface area contributed by atoms with Gasteiger partial charge in [-0.25, -0.2) is 4.79 Å². The lowest BCUT2D eigenvalue weighted by Crippen LogP contribution is -2.26. The standard InChI is InChI=1S/C19H24N2O2/c1-13-6-5-11-21(13)14-7-8-17-16(12-14)15(9-10-20-17)18(22)23-19(2,3)4/h7-10,12-13H,5-6,11H2,1-4H3/t13-/m1/s1. The highest BCUT2D eigenvalue weighted by molar-refractivity contribution is 6.04. The van der Waals surface area contributed by atoms with Crippen molar-refractivity contribution in [2.24, 2.45) is 0 Å². The molecule has 1 aliphatic heterocycles. The van der Waals surface area contributed by atoms with Crippen LogP contribution in [0.2, 0.25) is 0 Å². The molecule has 1 aromatic heterocycles. The summed E-state index contributed by atoms with van der Waals surface area (Å²) in [7, 11) is 0. The average Bonchev–Trinajstić information content (AvgIpc) is 2.90. The van der Waals surface area contributed by atoms with Crippen LogP contribution in [0, 0.1) is 0 Å². The minimum atomic E-state index is -0.506. The molecule has 23 heavy (non-hydrogen) atoms. The molecule has 0 aliphatic carbocycles. The Balaban J connectivity index is 2.03. The zero-order valence-electron chi connectivity index (χ0n) is 14.3. The van der Waals surface area contributed by atoms with Crippen molar-refractivity contribution in [3.8, 4) is 0 Å². The van der Waals surface area contributed by atoms with Crippen LogP contribution in [0.3, 0.4) is 0 Å². The summed E-state index contributed by atoms with van der Waals surface area (Å²) in [4.78, 5) is 19.3. The maximum Gasteiger partial charge on any atom is 0.339 e. The largest absolute Gasteiger partial charge is 0.456 e. The number of pyridine rings is 1. The number of aromatic nitrogens is 1. The van der Waals surface area contributed by atoms with Crippen LogP contribution in [0.25, 0.3) is 10.9 Å². The molecule has 1 fully saturated rings. The number of esters is 1. The zero-order chi connectivity index (χ0) is 16.6. The number of benzene rings is 1. The Labute approximate surface area is 137 Å². The summed E-state index contributed by atoms with van der Waals surface area (Å²) in [5.41, 5.74) is 2.05. The Kier molecular flexibility index (Phi) is 4.00. The van der Waals surface area contributed by atoms with Gasteiger partial charge in [0.15, 0.2) is 0 Å². The lowest BCUT2D eigenvalue weighted by atomic mass is 10.1. The molecule has 1 aromatic carbocycles. The SMILES string of the molecule is C[C@@H]1CCCN1c1ccc2nccc(C(=O)OC(C)(C)C)c2c1. The molecule has 0 spiro atoms. The van der Waals surface area contributed by atoms with Gasteiger partial charge in [0.1, 0.15) is 5.60 Å². The van der Waals surface area contributed by atoms with Gasteiger partial charge in [-0.15, -0.1) is 0 Å². The lowest BCUT2D eigenvalue weighted by Gasteiger charge is -2.24. The summed E-state index contributed by atoms with van der Waals surface area (Å²) < 4.78 is 5.54. The Morgan fingerprint density at radius 3 is 2.74 bits per heavy atom. The molecule has 0 bridgehead atoms. The Hall–Kier alpha value is -2.10. The molecule has 0 unspecified atom stereocenters. The fourth-order valence-electron chi connectivity index (χ4n) is 3.14. The van der Waals surface area contributed by atoms with Crippen LogP contribution in [-0.2, 0) is 4.74 Å². The summed E-state index contributed by atoms with van der Waals surface area (Å²) in [5, 5.41) is 0.860. The minimum Gasteiger partial charge on any atom is -0.456 e. The van der Waals surface area contributed by atoms with Gasteiger partial charge in [0.05, 0.1) is 11.1 Å². The lowest BCUT2D eigenvalue weighted by molar-refractivity contribution is 0.00718. The molecule has 4 nitrogen and oxygen atoms in total. The van der Waals surface area contributed by atoms with Crippen molar-refractivity contribution in [2.75, 3.05) is 11.4 Å². The fourth-order valence-corrected chi connectivity index (χ4v) is 3.14. The highest BCUT2D eigenvalue weighted by atomic mass is 16.6. The summed E-state index contributed by atoms with van der Waals surface area (Å²) in [5.74, 6) is -0.295. The Morgan fingerprint density at radius 2 is 2.09 bits per heavy atom. The summed E-state index contributed by atoms with van der Waals surface area (Å²) in [6, 6.07) is 8.44. The van der Waals surface area contributed by atoms with E-state index in [0.29, 0.717) is 11.6 Å². The van der Waals surface area contributed by atoms with Gasteiger partial charge in [0.25, 0.3) is 0 Å². The van der Waals surface area contributed by atoms with Crippen LogP contribution >= 0.6 is 0 Å². The topological polar surface area (TPSA) is 42.4 Å². The molecule has 4 heteroatoms. The van der Waals surface area contributed by atoms with Gasteiger partial charge in [0.2, 0.25) is 0 Å². The molecule has 1 atom stereocenters. The van der Waals surface area contributed by atoms with E-state index in [1.165, 1.54) is 12.8 Å². The third-order valence-electron chi connectivity index (χ3n) is 4.23. The van der Waals surface area contributed by atoms with E-state index in [1.54, 1.807) is 12.3 Å². The Bertz CT molecular complexity index is 734. The number of rotatable bonds is 2. The first-order chi connectivity index (χ1) is 10.8. The van der Waals surface area contributed by atoms with Crippen molar-refractivity contribution in [1.82, 2.24) is 4.98 Å². The summed E-state index contributed by atoms with van der Waals surface area (Å²) in [6.45, 7) is 8.95. The van der Waals surface area contributed by atoms with Crippen molar-refractivity contribution >= 4 is 22.6 Å². The number of nitrogens with zero attached hydrogens (tertiary/aromatic N) is 2. The fraction of sp³-hybridized carbons (Fsp3) is 0.474. The predicted octanol–water partition coefficient (Wildman–Crippen LogP) is 4.18. The molecule has 2 heterocycles. The highest BCUT2D eigenvalue weighted by Crippen LogP contribution is 2.29. The molecule has 1 saturated heterocycles. The molecule has 2 aromatic rings. The van der Waals surface area contributed by atoms with Crippen LogP contribution < -0.4 is 4.90 Å². The van der Waals surface area contributed by atoms with Crippen LogP contribution in [0.1, 0.15) is 50.9 Å². The monoisotopic (exact) mass is 312 g/mol. The normalized spacial score (nSPS) is 18.4. The number of ether oxygens (including phenoxy) is 1. The maximum absolute atomic E-state index is 12.5. The van der Waals surface area contributed by atoms with E-state index < -0.39 is 5.60 Å². The third kappa shape index (κ3) is 3.31. The van der Waals surface area contributed by atoms with E-state index >= 15 is 0 Å². The van der Waals surface area contributed by atoms with Crippen LogP contribution in [0.15, 0.2) is 30.5 Å². The molecule has 0 N–H and O–H groups in total. The van der Waals surface area contributed by atoms with Gasteiger partial charge < -0.3 is 9.64 Å². The molecule has 0 saturated carbocycles. The second kappa shape index (κ2) is 5.84. The van der Waals surface area contributed by atoms with Gasteiger partial charge >= 0.3 is 5.97 Å². The van der Waals surface area contributed by atoms with Gasteiger partial charge in [0, 0.05) is 29.9 Å². The van der Waals surface area contributed by atoms with Gasteiger partial charge in [-0.2, -0.15) is 0 Å². The second-order valence-corrected chi connectivity index (χ2v) is 7.25. The van der Waals surface area contributed by atoms with Crippen molar-refractivity contribution < 1.29 is 9.53 Å². The molecule has 122 valence electrons. The quantitative estimate of drug-likeness (QED) is 0.780. The van der Waals surface area contributed by atoms with Gasteiger partial charge in [-0.05, 0) is 64.8 Å². The third-order valence-corrected chi connectivity index (χ3v) is 4.23. The van der Waals surface area contributed by atoms with Crippen molar-refractivity contribution in [1.29, 1.82) is 0 Å². The molecular weight excluding hydrogens is 288 g/mol. The van der Waals surface area contributed by atoms with E-state index in [1.807, 2.05) is 26.8 Å². The average molecular weight is 312 g/mol. The first kappa shape index (κ1) is 15.8. The number of hydrogen-bond acceptors (Lipinski definition) is 4. The van der Waals surface area contributed by atoms with E-state index in [9.17, 15) is 4.79 Å². The highest BCUT2D eigenvalue weighted by Gasteiger charge is 2.23. The molecule has 3 rings (SSSR count). The van der Waals surface area contributed by atoms with Crippen LogP contribution in [0.5, 0.6) is 0 Å². The van der Waals surface area contributed by atoms with Gasteiger partial charge in [-0.3, -0.25) is 4.98 Å². The maximum atomic E-state index is 12.5. The number of carbonyl (C=O) groups is 1. The van der Waals surface area contributed by atoms with Crippen LogP contribution in [-0.4, -0.2) is 29.1 Å². The number of hydrogen-bond donors (Lipinski definition) is 0. The first-order valence-corrected chi connectivity index (χ1v) is 8.24. The minimum absolute atomic E-state index is 0.295.